The fourth-order valence-electron chi connectivity index (χ4n) is 2.44. The van der Waals surface area contributed by atoms with Crippen LogP contribution in [0.3, 0.4) is 0 Å². The van der Waals surface area contributed by atoms with Crippen molar-refractivity contribution < 1.29 is 4.79 Å². The summed E-state index contributed by atoms with van der Waals surface area (Å²) >= 11 is 3.38. The summed E-state index contributed by atoms with van der Waals surface area (Å²) in [5.74, 6) is -0.0866. The first kappa shape index (κ1) is 16.4. The first-order valence-corrected chi connectivity index (χ1v) is 8.55. The number of hydrogen-bond donors (Lipinski definition) is 1. The molecule has 120 valence electrons. The van der Waals surface area contributed by atoms with Crippen molar-refractivity contribution in [3.63, 3.8) is 0 Å². The standard InChI is InChI=1S/C20H17BrN2O/c21-19-10-6-16(7-11-19)14-22-23-20(24)12-8-15-5-9-17-3-1-2-4-18(17)13-15/h1-7,9-11,13-14H,8,12H2,(H,23,24)/b22-14-. The van der Waals surface area contributed by atoms with Crippen LogP contribution in [0.2, 0.25) is 0 Å². The molecule has 0 fully saturated rings. The summed E-state index contributed by atoms with van der Waals surface area (Å²) < 4.78 is 1.01. The maximum Gasteiger partial charge on any atom is 0.240 e. The molecule has 0 unspecified atom stereocenters. The SMILES string of the molecule is O=C(CCc1ccc2ccccc2c1)N/N=C\c1ccc(Br)cc1. The zero-order valence-electron chi connectivity index (χ0n) is 13.1. The van der Waals surface area contributed by atoms with E-state index in [4.69, 9.17) is 0 Å². The van der Waals surface area contributed by atoms with E-state index in [1.165, 1.54) is 10.8 Å². The van der Waals surface area contributed by atoms with Crippen LogP contribution in [0.1, 0.15) is 17.5 Å². The largest absolute Gasteiger partial charge is 0.273 e. The first-order valence-electron chi connectivity index (χ1n) is 7.76. The summed E-state index contributed by atoms with van der Waals surface area (Å²) in [6.07, 6.45) is 2.75. The highest BCUT2D eigenvalue weighted by atomic mass is 79.9. The molecule has 4 heteroatoms. The molecule has 0 atom stereocenters. The van der Waals surface area contributed by atoms with E-state index in [1.54, 1.807) is 6.21 Å². The van der Waals surface area contributed by atoms with Gasteiger partial charge < -0.3 is 0 Å². The van der Waals surface area contributed by atoms with E-state index < -0.39 is 0 Å². The van der Waals surface area contributed by atoms with Crippen LogP contribution in [-0.4, -0.2) is 12.1 Å². The molecule has 0 radical (unpaired) electrons. The normalized spacial score (nSPS) is 11.0. The van der Waals surface area contributed by atoms with Gasteiger partial charge in [-0.3, -0.25) is 4.79 Å². The molecule has 3 nitrogen and oxygen atoms in total. The molecule has 1 amide bonds. The lowest BCUT2D eigenvalue weighted by Crippen LogP contribution is -2.17. The number of aryl methyl sites for hydroxylation is 1. The van der Waals surface area contributed by atoms with Gasteiger partial charge in [0.25, 0.3) is 0 Å². The van der Waals surface area contributed by atoms with Crippen molar-refractivity contribution in [1.82, 2.24) is 5.43 Å². The van der Waals surface area contributed by atoms with Crippen molar-refractivity contribution in [3.8, 4) is 0 Å². The Bertz CT molecular complexity index is 872. The van der Waals surface area contributed by atoms with Gasteiger partial charge in [0, 0.05) is 10.9 Å². The molecule has 24 heavy (non-hydrogen) atoms. The molecule has 3 rings (SSSR count). The second-order valence-electron chi connectivity index (χ2n) is 5.53. The highest BCUT2D eigenvalue weighted by Gasteiger charge is 2.02. The van der Waals surface area contributed by atoms with E-state index >= 15 is 0 Å². The monoisotopic (exact) mass is 380 g/mol. The number of fused-ring (bicyclic) bond motifs is 1. The van der Waals surface area contributed by atoms with Crippen LogP contribution in [0.4, 0.5) is 0 Å². The third-order valence-electron chi connectivity index (χ3n) is 3.73. The molecule has 0 aliphatic carbocycles. The second-order valence-corrected chi connectivity index (χ2v) is 6.44. The fourth-order valence-corrected chi connectivity index (χ4v) is 2.70. The van der Waals surface area contributed by atoms with Gasteiger partial charge in [0.2, 0.25) is 5.91 Å². The molecule has 0 saturated carbocycles. The molecule has 0 bridgehead atoms. The van der Waals surface area contributed by atoms with Gasteiger partial charge in [-0.1, -0.05) is 70.5 Å². The predicted molar refractivity (Wildman–Crippen MR) is 102 cm³/mol. The highest BCUT2D eigenvalue weighted by Crippen LogP contribution is 2.16. The number of rotatable bonds is 5. The molecule has 0 heterocycles. The lowest BCUT2D eigenvalue weighted by molar-refractivity contribution is -0.121. The Morgan fingerprint density at radius 2 is 1.75 bits per heavy atom. The van der Waals surface area contributed by atoms with Crippen molar-refractivity contribution in [2.45, 2.75) is 12.8 Å². The lowest BCUT2D eigenvalue weighted by Gasteiger charge is -2.03. The van der Waals surface area contributed by atoms with E-state index in [2.05, 4.69) is 56.8 Å². The maximum atomic E-state index is 11.9. The van der Waals surface area contributed by atoms with Gasteiger partial charge in [-0.15, -0.1) is 0 Å². The summed E-state index contributed by atoms with van der Waals surface area (Å²) in [5.41, 5.74) is 4.66. The molecule has 0 aliphatic heterocycles. The van der Waals surface area contributed by atoms with Gasteiger partial charge in [-0.25, -0.2) is 5.43 Å². The van der Waals surface area contributed by atoms with Crippen LogP contribution in [0, 0.1) is 0 Å². The van der Waals surface area contributed by atoms with Gasteiger partial charge in [0.05, 0.1) is 6.21 Å². The Labute approximate surface area is 149 Å². The first-order chi connectivity index (χ1) is 11.7. The van der Waals surface area contributed by atoms with Crippen LogP contribution >= 0.6 is 15.9 Å². The van der Waals surface area contributed by atoms with Gasteiger partial charge in [0.15, 0.2) is 0 Å². The summed E-state index contributed by atoms with van der Waals surface area (Å²) in [6, 6.07) is 22.2. The minimum Gasteiger partial charge on any atom is -0.273 e. The van der Waals surface area contributed by atoms with Crippen LogP contribution in [0.15, 0.2) is 76.3 Å². The van der Waals surface area contributed by atoms with Crippen molar-refractivity contribution in [3.05, 3.63) is 82.3 Å². The Kier molecular flexibility index (Phi) is 5.39. The minimum atomic E-state index is -0.0866. The van der Waals surface area contributed by atoms with E-state index in [0.717, 1.165) is 15.6 Å². The molecule has 3 aromatic rings. The second kappa shape index (κ2) is 7.88. The predicted octanol–water partition coefficient (Wildman–Crippen LogP) is 4.69. The van der Waals surface area contributed by atoms with Crippen LogP contribution in [0.25, 0.3) is 10.8 Å². The Balaban J connectivity index is 1.52. The number of amides is 1. The van der Waals surface area contributed by atoms with Crippen LogP contribution < -0.4 is 5.43 Å². The number of nitrogens with zero attached hydrogens (tertiary/aromatic N) is 1. The van der Waals surface area contributed by atoms with Gasteiger partial charge in [-0.05, 0) is 40.5 Å². The summed E-state index contributed by atoms with van der Waals surface area (Å²) in [6.45, 7) is 0. The third kappa shape index (κ3) is 4.52. The summed E-state index contributed by atoms with van der Waals surface area (Å²) in [5, 5.41) is 6.40. The fraction of sp³-hybridized carbons (Fsp3) is 0.100. The highest BCUT2D eigenvalue weighted by molar-refractivity contribution is 9.10. The quantitative estimate of drug-likeness (QED) is 0.506. The zero-order valence-corrected chi connectivity index (χ0v) is 14.7. The number of hydrogen-bond acceptors (Lipinski definition) is 2. The van der Waals surface area contributed by atoms with E-state index in [1.807, 2.05) is 36.4 Å². The molecule has 0 spiro atoms. The van der Waals surface area contributed by atoms with Crippen molar-refractivity contribution in [2.75, 3.05) is 0 Å². The third-order valence-corrected chi connectivity index (χ3v) is 4.26. The van der Waals surface area contributed by atoms with E-state index in [9.17, 15) is 4.79 Å². The van der Waals surface area contributed by atoms with Crippen molar-refractivity contribution >= 4 is 38.8 Å². The average molecular weight is 381 g/mol. The molecule has 3 aromatic carbocycles. The summed E-state index contributed by atoms with van der Waals surface area (Å²) in [4.78, 5) is 11.9. The van der Waals surface area contributed by atoms with Gasteiger partial charge in [0.1, 0.15) is 0 Å². The van der Waals surface area contributed by atoms with Crippen LogP contribution in [-0.2, 0) is 11.2 Å². The average Bonchev–Trinajstić information content (AvgIpc) is 2.61. The minimum absolute atomic E-state index is 0.0866. The molecule has 0 aromatic heterocycles. The number of carbonyl (C=O) groups is 1. The molecule has 1 N–H and O–H groups in total. The van der Waals surface area contributed by atoms with Crippen molar-refractivity contribution in [2.24, 2.45) is 5.10 Å². The Morgan fingerprint density at radius 3 is 2.54 bits per heavy atom. The number of nitrogens with one attached hydrogen (secondary N) is 1. The van der Waals surface area contributed by atoms with Gasteiger partial charge >= 0.3 is 0 Å². The van der Waals surface area contributed by atoms with E-state index in [-0.39, 0.29) is 5.91 Å². The molecule has 0 saturated heterocycles. The molecular weight excluding hydrogens is 364 g/mol. The lowest BCUT2D eigenvalue weighted by atomic mass is 10.0. The Morgan fingerprint density at radius 1 is 1.00 bits per heavy atom. The molecule has 0 aliphatic rings. The summed E-state index contributed by atoms with van der Waals surface area (Å²) in [7, 11) is 0. The Hall–Kier alpha value is -2.46. The van der Waals surface area contributed by atoms with Crippen LogP contribution in [0.5, 0.6) is 0 Å². The van der Waals surface area contributed by atoms with Crippen molar-refractivity contribution in [1.29, 1.82) is 0 Å². The number of hydrazone groups is 1. The number of halogens is 1. The zero-order chi connectivity index (χ0) is 16.8. The molecular formula is C20H17BrN2O. The van der Waals surface area contributed by atoms with Gasteiger partial charge in [-0.2, -0.15) is 5.10 Å². The number of benzene rings is 3. The maximum absolute atomic E-state index is 11.9. The number of carbonyl (C=O) groups excluding carboxylic acids is 1. The topological polar surface area (TPSA) is 41.5 Å². The van der Waals surface area contributed by atoms with E-state index in [0.29, 0.717) is 12.8 Å². The smallest absolute Gasteiger partial charge is 0.240 e.